The standard InChI is InChI=1S/C9H14N4.2ClH/c1-2-8(6-10-3-1)13-9-7-11-4-5-12-9;;/h4-5,7-8,10H,1-3,6H2,(H,12,13);2*1H/t8-;;/m1../s1. The van der Waals surface area contributed by atoms with Gasteiger partial charge in [0.1, 0.15) is 5.82 Å². The van der Waals surface area contributed by atoms with E-state index in [1.807, 2.05) is 0 Å². The van der Waals surface area contributed by atoms with Gasteiger partial charge < -0.3 is 10.6 Å². The lowest BCUT2D eigenvalue weighted by Gasteiger charge is -2.23. The largest absolute Gasteiger partial charge is 0.365 e. The van der Waals surface area contributed by atoms with E-state index < -0.39 is 0 Å². The van der Waals surface area contributed by atoms with Gasteiger partial charge in [0.15, 0.2) is 0 Å². The Bertz CT molecular complexity index is 252. The predicted octanol–water partition coefficient (Wildman–Crippen LogP) is 1.48. The fraction of sp³-hybridized carbons (Fsp3) is 0.556. The number of aromatic nitrogens is 2. The van der Waals surface area contributed by atoms with E-state index in [2.05, 4.69) is 20.6 Å². The van der Waals surface area contributed by atoms with Crippen molar-refractivity contribution >= 4 is 30.6 Å². The Kier molecular flexibility index (Phi) is 7.38. The number of hydrogen-bond acceptors (Lipinski definition) is 4. The van der Waals surface area contributed by atoms with Crippen LogP contribution in [0.1, 0.15) is 12.8 Å². The van der Waals surface area contributed by atoms with Gasteiger partial charge in [-0.25, -0.2) is 4.98 Å². The smallest absolute Gasteiger partial charge is 0.144 e. The second-order valence-corrected chi connectivity index (χ2v) is 3.28. The maximum Gasteiger partial charge on any atom is 0.144 e. The van der Waals surface area contributed by atoms with Gasteiger partial charge in [-0.05, 0) is 19.4 Å². The average molecular weight is 251 g/mol. The van der Waals surface area contributed by atoms with Crippen LogP contribution in [0.25, 0.3) is 0 Å². The van der Waals surface area contributed by atoms with Crippen LogP contribution < -0.4 is 10.6 Å². The molecule has 1 aliphatic rings. The first-order chi connectivity index (χ1) is 6.45. The van der Waals surface area contributed by atoms with Crippen molar-refractivity contribution in [1.29, 1.82) is 0 Å². The normalized spacial score (nSPS) is 19.6. The Hall–Kier alpha value is -0.580. The van der Waals surface area contributed by atoms with Crippen molar-refractivity contribution in [3.63, 3.8) is 0 Å². The Morgan fingerprint density at radius 1 is 1.33 bits per heavy atom. The molecule has 0 bridgehead atoms. The Morgan fingerprint density at radius 3 is 2.80 bits per heavy atom. The molecule has 15 heavy (non-hydrogen) atoms. The second kappa shape index (κ2) is 7.68. The van der Waals surface area contributed by atoms with Crippen LogP contribution in [0.2, 0.25) is 0 Å². The van der Waals surface area contributed by atoms with E-state index in [1.165, 1.54) is 12.8 Å². The second-order valence-electron chi connectivity index (χ2n) is 3.28. The van der Waals surface area contributed by atoms with Crippen molar-refractivity contribution in [2.24, 2.45) is 0 Å². The van der Waals surface area contributed by atoms with Crippen molar-refractivity contribution < 1.29 is 0 Å². The molecule has 1 atom stereocenters. The molecule has 0 spiro atoms. The summed E-state index contributed by atoms with van der Waals surface area (Å²) < 4.78 is 0. The number of halogens is 2. The van der Waals surface area contributed by atoms with E-state index in [0.717, 1.165) is 18.9 Å². The first-order valence-corrected chi connectivity index (χ1v) is 4.68. The molecule has 0 amide bonds. The van der Waals surface area contributed by atoms with Gasteiger partial charge in [-0.15, -0.1) is 24.8 Å². The summed E-state index contributed by atoms with van der Waals surface area (Å²) in [5.41, 5.74) is 0. The van der Waals surface area contributed by atoms with E-state index in [0.29, 0.717) is 6.04 Å². The van der Waals surface area contributed by atoms with Gasteiger partial charge in [0.05, 0.1) is 6.20 Å². The number of hydrogen-bond donors (Lipinski definition) is 2. The van der Waals surface area contributed by atoms with Crippen LogP contribution in [-0.2, 0) is 0 Å². The summed E-state index contributed by atoms with van der Waals surface area (Å²) >= 11 is 0. The van der Waals surface area contributed by atoms with Crippen LogP contribution in [0.5, 0.6) is 0 Å². The van der Waals surface area contributed by atoms with Crippen molar-refractivity contribution in [2.45, 2.75) is 18.9 Å². The maximum atomic E-state index is 4.17. The Morgan fingerprint density at radius 2 is 2.20 bits per heavy atom. The lowest BCUT2D eigenvalue weighted by atomic mass is 10.1. The molecule has 1 aromatic rings. The summed E-state index contributed by atoms with van der Waals surface area (Å²) in [7, 11) is 0. The SMILES string of the molecule is Cl.Cl.c1cnc(N[C@@H]2CCCNC2)cn1. The quantitative estimate of drug-likeness (QED) is 0.836. The molecule has 1 saturated heterocycles. The summed E-state index contributed by atoms with van der Waals surface area (Å²) in [6.45, 7) is 2.16. The monoisotopic (exact) mass is 250 g/mol. The summed E-state index contributed by atoms with van der Waals surface area (Å²) in [6, 6.07) is 0.505. The number of nitrogens with one attached hydrogen (secondary N) is 2. The molecule has 0 saturated carbocycles. The van der Waals surface area contributed by atoms with Gasteiger partial charge in [-0.2, -0.15) is 0 Å². The molecule has 2 rings (SSSR count). The molecule has 1 aromatic heterocycles. The third-order valence-corrected chi connectivity index (χ3v) is 2.21. The van der Waals surface area contributed by atoms with E-state index in [-0.39, 0.29) is 24.8 Å². The molecule has 0 aliphatic carbocycles. The van der Waals surface area contributed by atoms with Crippen LogP contribution >= 0.6 is 24.8 Å². The Labute approximate surface area is 102 Å². The fourth-order valence-corrected chi connectivity index (χ4v) is 1.56. The van der Waals surface area contributed by atoms with Gasteiger partial charge in [0, 0.05) is 25.0 Å². The zero-order valence-electron chi connectivity index (χ0n) is 8.35. The molecule has 1 aliphatic heterocycles. The molecule has 1 fully saturated rings. The van der Waals surface area contributed by atoms with Crippen LogP contribution in [-0.4, -0.2) is 29.1 Å². The first-order valence-electron chi connectivity index (χ1n) is 4.68. The number of anilines is 1. The first kappa shape index (κ1) is 14.4. The van der Waals surface area contributed by atoms with E-state index in [4.69, 9.17) is 0 Å². The number of rotatable bonds is 2. The van der Waals surface area contributed by atoms with Crippen molar-refractivity contribution in [3.8, 4) is 0 Å². The molecule has 0 aromatic carbocycles. The van der Waals surface area contributed by atoms with Gasteiger partial charge in [-0.3, -0.25) is 4.98 Å². The molecule has 0 unspecified atom stereocenters. The van der Waals surface area contributed by atoms with Gasteiger partial charge >= 0.3 is 0 Å². The van der Waals surface area contributed by atoms with Crippen molar-refractivity contribution in [2.75, 3.05) is 18.4 Å². The molecular formula is C9H16Cl2N4. The highest BCUT2D eigenvalue weighted by molar-refractivity contribution is 5.85. The minimum atomic E-state index is 0. The fourth-order valence-electron chi connectivity index (χ4n) is 1.56. The minimum absolute atomic E-state index is 0. The highest BCUT2D eigenvalue weighted by Crippen LogP contribution is 2.07. The highest BCUT2D eigenvalue weighted by atomic mass is 35.5. The van der Waals surface area contributed by atoms with Gasteiger partial charge in [0.25, 0.3) is 0 Å². The number of nitrogens with zero attached hydrogens (tertiary/aromatic N) is 2. The van der Waals surface area contributed by atoms with E-state index in [1.54, 1.807) is 18.6 Å². The third kappa shape index (κ3) is 4.64. The molecule has 4 nitrogen and oxygen atoms in total. The van der Waals surface area contributed by atoms with Crippen molar-refractivity contribution in [3.05, 3.63) is 18.6 Å². The summed E-state index contributed by atoms with van der Waals surface area (Å²) in [5.74, 6) is 0.871. The summed E-state index contributed by atoms with van der Waals surface area (Å²) in [5, 5.41) is 6.69. The van der Waals surface area contributed by atoms with Crippen LogP contribution in [0.15, 0.2) is 18.6 Å². The average Bonchev–Trinajstić information content (AvgIpc) is 2.21. The van der Waals surface area contributed by atoms with Crippen LogP contribution in [0, 0.1) is 0 Å². The zero-order chi connectivity index (χ0) is 8.93. The summed E-state index contributed by atoms with van der Waals surface area (Å²) in [6.07, 6.45) is 7.60. The maximum absolute atomic E-state index is 4.17. The zero-order valence-corrected chi connectivity index (χ0v) is 9.98. The molecule has 6 heteroatoms. The van der Waals surface area contributed by atoms with Crippen molar-refractivity contribution in [1.82, 2.24) is 15.3 Å². The van der Waals surface area contributed by atoms with Crippen LogP contribution in [0.4, 0.5) is 5.82 Å². The third-order valence-electron chi connectivity index (χ3n) is 2.21. The lowest BCUT2D eigenvalue weighted by molar-refractivity contribution is 0.479. The molecular weight excluding hydrogens is 235 g/mol. The van der Waals surface area contributed by atoms with E-state index in [9.17, 15) is 0 Å². The minimum Gasteiger partial charge on any atom is -0.365 e. The molecule has 0 radical (unpaired) electrons. The lowest BCUT2D eigenvalue weighted by Crippen LogP contribution is -2.38. The summed E-state index contributed by atoms with van der Waals surface area (Å²) in [4.78, 5) is 8.18. The van der Waals surface area contributed by atoms with Gasteiger partial charge in [0.2, 0.25) is 0 Å². The van der Waals surface area contributed by atoms with Gasteiger partial charge in [-0.1, -0.05) is 0 Å². The van der Waals surface area contributed by atoms with E-state index >= 15 is 0 Å². The van der Waals surface area contributed by atoms with Crippen LogP contribution in [0.3, 0.4) is 0 Å². The highest BCUT2D eigenvalue weighted by Gasteiger charge is 2.12. The Balaban J connectivity index is 0.000000980. The molecule has 2 heterocycles. The molecule has 2 N–H and O–H groups in total. The predicted molar refractivity (Wildman–Crippen MR) is 66.0 cm³/mol. The number of piperidine rings is 1. The molecule has 86 valence electrons. The topological polar surface area (TPSA) is 49.8 Å².